The Morgan fingerprint density at radius 1 is 0.410 bits per heavy atom. The van der Waals surface area contributed by atoms with Crippen LogP contribution in [0.4, 0.5) is 0 Å². The van der Waals surface area contributed by atoms with Crippen molar-refractivity contribution in [1.82, 2.24) is 9.97 Å². The van der Waals surface area contributed by atoms with E-state index in [2.05, 4.69) is 125 Å². The first-order valence-electron chi connectivity index (χ1n) is 13.4. The number of aromatic nitrogens is 2. The number of hydrogen-bond donors (Lipinski definition) is 0. The third-order valence-corrected chi connectivity index (χ3v) is 6.91. The molecule has 0 saturated heterocycles. The average molecular weight is 687 g/mol. The number of para-hydroxylation sites is 2. The Morgan fingerprint density at radius 3 is 1.18 bits per heavy atom. The molecule has 0 bridgehead atoms. The van der Waals surface area contributed by atoms with E-state index in [9.17, 15) is 0 Å². The molecule has 0 atom stereocenters. The van der Waals surface area contributed by atoms with E-state index in [0.29, 0.717) is 11.8 Å². The van der Waals surface area contributed by atoms with Gasteiger partial charge in [0, 0.05) is 21.9 Å². The molecule has 39 heavy (non-hydrogen) atoms. The predicted molar refractivity (Wildman–Crippen MR) is 163 cm³/mol. The zero-order chi connectivity index (χ0) is 26.5. The van der Waals surface area contributed by atoms with Crippen LogP contribution in [0, 0.1) is 0 Å². The van der Waals surface area contributed by atoms with Crippen LogP contribution in [-0.2, 0) is 20.1 Å². The number of nitrogens with zero attached hydrogens (tertiary/aromatic N) is 2. The van der Waals surface area contributed by atoms with Crippen LogP contribution in [-0.4, -0.2) is 9.97 Å². The van der Waals surface area contributed by atoms with E-state index in [1.807, 2.05) is 24.3 Å². The van der Waals surface area contributed by atoms with Gasteiger partial charge in [-0.15, -0.1) is 0 Å². The van der Waals surface area contributed by atoms with Gasteiger partial charge in [-0.05, 0) is 47.2 Å². The van der Waals surface area contributed by atoms with Gasteiger partial charge in [-0.2, -0.15) is 0 Å². The number of benzene rings is 4. The largest absolute Gasteiger partial charge is 3.00 e. The summed E-state index contributed by atoms with van der Waals surface area (Å²) < 4.78 is 0. The molecule has 0 saturated carbocycles. The Kier molecular flexibility index (Phi) is 9.40. The summed E-state index contributed by atoms with van der Waals surface area (Å²) in [6.45, 7) is 8.89. The zero-order valence-corrected chi connectivity index (χ0v) is 25.3. The molecule has 4 aromatic carbocycles. The molecular formula is C36H34IrN2+3. The van der Waals surface area contributed by atoms with Crippen molar-refractivity contribution in [3.63, 3.8) is 0 Å². The quantitative estimate of drug-likeness (QED) is 0.185. The molecule has 0 unspecified atom stereocenters. The van der Waals surface area contributed by atoms with Crippen LogP contribution in [0.15, 0.2) is 121 Å². The van der Waals surface area contributed by atoms with Crippen molar-refractivity contribution in [3.05, 3.63) is 132 Å². The molecule has 0 fully saturated rings. The summed E-state index contributed by atoms with van der Waals surface area (Å²) in [7, 11) is 0. The van der Waals surface area contributed by atoms with Crippen molar-refractivity contribution in [1.29, 1.82) is 0 Å². The van der Waals surface area contributed by atoms with Gasteiger partial charge in [0.1, 0.15) is 0 Å². The van der Waals surface area contributed by atoms with Gasteiger partial charge in [0.05, 0.1) is 22.4 Å². The second-order valence-electron chi connectivity index (χ2n) is 10.3. The Balaban J connectivity index is 0.000000176. The Labute approximate surface area is 245 Å². The number of rotatable bonds is 4. The fourth-order valence-electron chi connectivity index (χ4n) is 4.90. The first kappa shape index (κ1) is 28.4. The second-order valence-corrected chi connectivity index (χ2v) is 10.3. The van der Waals surface area contributed by atoms with E-state index in [1.165, 1.54) is 33.0 Å². The first-order chi connectivity index (χ1) is 18.5. The third kappa shape index (κ3) is 6.50. The van der Waals surface area contributed by atoms with Gasteiger partial charge in [0.2, 0.25) is 0 Å². The third-order valence-electron chi connectivity index (χ3n) is 6.91. The van der Waals surface area contributed by atoms with E-state index in [1.54, 1.807) is 0 Å². The number of fused-ring (bicyclic) bond motifs is 2. The summed E-state index contributed by atoms with van der Waals surface area (Å²) in [4.78, 5) is 9.58. The summed E-state index contributed by atoms with van der Waals surface area (Å²) in [5.74, 6) is 1.01. The smallest absolute Gasteiger partial charge is 0.248 e. The molecule has 194 valence electrons. The molecule has 2 heterocycles. The summed E-state index contributed by atoms with van der Waals surface area (Å²) in [6, 6.07) is 42.1. The Morgan fingerprint density at radius 2 is 0.769 bits per heavy atom. The van der Waals surface area contributed by atoms with Gasteiger partial charge in [0.15, 0.2) is 0 Å². The molecule has 0 N–H and O–H groups in total. The standard InChI is InChI=1S/2C18H17N.Ir/c2*1-13(2)15-8-4-5-9-16(15)18-12-11-14-7-3-6-10-17(14)19-18;/h2*3-13H,1-2H3;/q;;+3. The van der Waals surface area contributed by atoms with Crippen molar-refractivity contribution >= 4 is 21.8 Å². The summed E-state index contributed by atoms with van der Waals surface area (Å²) in [5.41, 5.74) is 9.41. The maximum atomic E-state index is 4.79. The van der Waals surface area contributed by atoms with Crippen LogP contribution >= 0.6 is 0 Å². The fourth-order valence-corrected chi connectivity index (χ4v) is 4.90. The molecule has 0 aliphatic rings. The first-order valence-corrected chi connectivity index (χ1v) is 13.4. The number of hydrogen-bond acceptors (Lipinski definition) is 2. The van der Waals surface area contributed by atoms with Crippen LogP contribution in [0.1, 0.15) is 50.7 Å². The van der Waals surface area contributed by atoms with Crippen molar-refractivity contribution in [2.45, 2.75) is 39.5 Å². The minimum Gasteiger partial charge on any atom is -0.248 e. The maximum absolute atomic E-state index is 4.79. The van der Waals surface area contributed by atoms with Crippen LogP contribution in [0.25, 0.3) is 44.3 Å². The molecule has 0 amide bonds. The Bertz CT molecular complexity index is 1560. The van der Waals surface area contributed by atoms with Crippen LogP contribution in [0.5, 0.6) is 0 Å². The average Bonchev–Trinajstić information content (AvgIpc) is 2.97. The van der Waals surface area contributed by atoms with E-state index >= 15 is 0 Å². The van der Waals surface area contributed by atoms with Crippen molar-refractivity contribution in [3.8, 4) is 22.5 Å². The van der Waals surface area contributed by atoms with Gasteiger partial charge < -0.3 is 0 Å². The van der Waals surface area contributed by atoms with Gasteiger partial charge in [0.25, 0.3) is 0 Å². The molecule has 6 rings (SSSR count). The molecule has 2 aromatic heterocycles. The van der Waals surface area contributed by atoms with E-state index in [4.69, 9.17) is 9.97 Å². The molecule has 0 aliphatic carbocycles. The minimum atomic E-state index is 0. The second kappa shape index (κ2) is 12.9. The summed E-state index contributed by atoms with van der Waals surface area (Å²) >= 11 is 0. The fraction of sp³-hybridized carbons (Fsp3) is 0.167. The van der Waals surface area contributed by atoms with Crippen molar-refractivity contribution in [2.75, 3.05) is 0 Å². The van der Waals surface area contributed by atoms with E-state index in [-0.39, 0.29) is 20.1 Å². The molecule has 2 nitrogen and oxygen atoms in total. The monoisotopic (exact) mass is 687 g/mol. The minimum absolute atomic E-state index is 0. The van der Waals surface area contributed by atoms with Gasteiger partial charge in [-0.25, -0.2) is 9.97 Å². The van der Waals surface area contributed by atoms with E-state index < -0.39 is 0 Å². The van der Waals surface area contributed by atoms with E-state index in [0.717, 1.165) is 22.4 Å². The summed E-state index contributed by atoms with van der Waals surface area (Å²) in [5, 5.41) is 2.38. The predicted octanol–water partition coefficient (Wildman–Crippen LogP) is 10.0. The number of pyridine rings is 2. The zero-order valence-electron chi connectivity index (χ0n) is 22.9. The molecule has 3 heteroatoms. The molecular weight excluding hydrogens is 653 g/mol. The topological polar surface area (TPSA) is 25.8 Å². The van der Waals surface area contributed by atoms with Gasteiger partial charge in [-0.3, -0.25) is 0 Å². The molecule has 0 spiro atoms. The van der Waals surface area contributed by atoms with Crippen LogP contribution < -0.4 is 0 Å². The van der Waals surface area contributed by atoms with Crippen LogP contribution in [0.3, 0.4) is 0 Å². The van der Waals surface area contributed by atoms with Gasteiger partial charge in [-0.1, -0.05) is 125 Å². The normalized spacial score (nSPS) is 10.8. The summed E-state index contributed by atoms with van der Waals surface area (Å²) in [6.07, 6.45) is 0. The van der Waals surface area contributed by atoms with Crippen molar-refractivity contribution in [2.24, 2.45) is 0 Å². The molecule has 6 aromatic rings. The van der Waals surface area contributed by atoms with Gasteiger partial charge >= 0.3 is 20.1 Å². The maximum Gasteiger partial charge on any atom is 3.00 e. The SMILES string of the molecule is CC(C)c1ccccc1-c1ccc2ccccc2n1.CC(C)c1ccccc1-c1ccc2ccccc2n1.[Ir+3]. The Hall–Kier alpha value is -3.65. The molecule has 0 aliphatic heterocycles. The van der Waals surface area contributed by atoms with Crippen LogP contribution in [0.2, 0.25) is 0 Å². The van der Waals surface area contributed by atoms with Crippen molar-refractivity contribution < 1.29 is 20.1 Å². The molecule has 0 radical (unpaired) electrons.